The molecule has 1 aromatic heterocycles. The van der Waals surface area contributed by atoms with E-state index in [1.807, 2.05) is 18.4 Å². The summed E-state index contributed by atoms with van der Waals surface area (Å²) in [7, 11) is 1.82. The summed E-state index contributed by atoms with van der Waals surface area (Å²) in [4.78, 5) is 6.98. The number of nitrogens with one attached hydrogen (secondary N) is 2. The second-order valence-corrected chi connectivity index (χ2v) is 6.88. The molecule has 1 atom stereocenters. The topological polar surface area (TPSA) is 36.4 Å². The molecule has 0 bridgehead atoms. The zero-order chi connectivity index (χ0) is 15.8. The van der Waals surface area contributed by atoms with E-state index in [1.165, 1.54) is 15.3 Å². The van der Waals surface area contributed by atoms with Crippen molar-refractivity contribution in [3.05, 3.63) is 57.8 Å². The van der Waals surface area contributed by atoms with Gasteiger partial charge in [0.15, 0.2) is 5.96 Å². The summed E-state index contributed by atoms with van der Waals surface area (Å²) in [6.07, 6.45) is 2.17. The third-order valence-electron chi connectivity index (χ3n) is 3.54. The number of guanidine groups is 1. The fraction of sp³-hybridized carbons (Fsp3) is 0.389. The minimum Gasteiger partial charge on any atom is -0.354 e. The highest BCUT2D eigenvalue weighted by Crippen LogP contribution is 2.14. The van der Waals surface area contributed by atoms with Crippen LogP contribution in [0.1, 0.15) is 28.7 Å². The highest BCUT2D eigenvalue weighted by molar-refractivity contribution is 14.0. The van der Waals surface area contributed by atoms with E-state index in [0.29, 0.717) is 6.04 Å². The van der Waals surface area contributed by atoms with Crippen molar-refractivity contribution in [3.63, 3.8) is 0 Å². The molecule has 1 heterocycles. The van der Waals surface area contributed by atoms with Crippen LogP contribution < -0.4 is 10.6 Å². The Labute approximate surface area is 160 Å². The third kappa shape index (κ3) is 7.35. The Morgan fingerprint density at radius 2 is 1.91 bits per heavy atom. The molecule has 5 heteroatoms. The van der Waals surface area contributed by atoms with Crippen LogP contribution in [0, 0.1) is 6.92 Å². The fourth-order valence-electron chi connectivity index (χ4n) is 2.28. The molecule has 0 spiro atoms. The number of nitrogens with zero attached hydrogens (tertiary/aromatic N) is 1. The van der Waals surface area contributed by atoms with Gasteiger partial charge < -0.3 is 10.6 Å². The van der Waals surface area contributed by atoms with E-state index in [0.717, 1.165) is 25.3 Å². The van der Waals surface area contributed by atoms with E-state index in [1.54, 1.807) is 0 Å². The van der Waals surface area contributed by atoms with Crippen molar-refractivity contribution in [1.29, 1.82) is 0 Å². The number of benzene rings is 1. The second kappa shape index (κ2) is 10.6. The lowest BCUT2D eigenvalue weighted by atomic mass is 10.1. The van der Waals surface area contributed by atoms with Crippen LogP contribution in [0.15, 0.2) is 47.5 Å². The van der Waals surface area contributed by atoms with Gasteiger partial charge in [-0.2, -0.15) is 0 Å². The van der Waals surface area contributed by atoms with E-state index in [9.17, 15) is 0 Å². The van der Waals surface area contributed by atoms with Crippen LogP contribution in [-0.2, 0) is 13.0 Å². The van der Waals surface area contributed by atoms with E-state index >= 15 is 0 Å². The van der Waals surface area contributed by atoms with Crippen LogP contribution >= 0.6 is 35.3 Å². The predicted octanol–water partition coefficient (Wildman–Crippen LogP) is 4.36. The average Bonchev–Trinajstić information content (AvgIpc) is 2.96. The quantitative estimate of drug-likeness (QED) is 0.396. The summed E-state index contributed by atoms with van der Waals surface area (Å²) in [6, 6.07) is 15.3. The Balaban J connectivity index is 0.00000264. The maximum absolute atomic E-state index is 4.30. The van der Waals surface area contributed by atoms with Crippen LogP contribution in [0.3, 0.4) is 0 Å². The largest absolute Gasteiger partial charge is 0.354 e. The van der Waals surface area contributed by atoms with Gasteiger partial charge in [0.2, 0.25) is 0 Å². The summed E-state index contributed by atoms with van der Waals surface area (Å²) < 4.78 is 0. The summed E-state index contributed by atoms with van der Waals surface area (Å²) in [5, 5.41) is 6.83. The lowest BCUT2D eigenvalue weighted by molar-refractivity contribution is 0.593. The van der Waals surface area contributed by atoms with Crippen molar-refractivity contribution in [2.75, 3.05) is 7.05 Å². The summed E-state index contributed by atoms with van der Waals surface area (Å²) in [5.74, 6) is 0.867. The third-order valence-corrected chi connectivity index (χ3v) is 4.54. The lowest BCUT2D eigenvalue weighted by Gasteiger charge is -2.17. The molecule has 0 fully saturated rings. The monoisotopic (exact) mass is 443 g/mol. The van der Waals surface area contributed by atoms with Gasteiger partial charge in [-0.3, -0.25) is 4.99 Å². The van der Waals surface area contributed by atoms with Crippen LogP contribution in [0.4, 0.5) is 0 Å². The van der Waals surface area contributed by atoms with Crippen LogP contribution in [0.2, 0.25) is 0 Å². The van der Waals surface area contributed by atoms with Crippen molar-refractivity contribution in [2.45, 2.75) is 39.3 Å². The molecule has 126 valence electrons. The molecule has 2 aromatic rings. The molecule has 0 radical (unpaired) electrons. The van der Waals surface area contributed by atoms with Crippen LogP contribution in [-0.4, -0.2) is 19.0 Å². The molecule has 3 nitrogen and oxygen atoms in total. The van der Waals surface area contributed by atoms with Crippen molar-refractivity contribution >= 4 is 41.3 Å². The van der Waals surface area contributed by atoms with Gasteiger partial charge in [0.25, 0.3) is 0 Å². The fourth-order valence-corrected chi connectivity index (χ4v) is 3.11. The van der Waals surface area contributed by atoms with E-state index in [-0.39, 0.29) is 24.0 Å². The molecule has 0 saturated carbocycles. The first-order chi connectivity index (χ1) is 10.7. The van der Waals surface area contributed by atoms with E-state index < -0.39 is 0 Å². The highest BCUT2D eigenvalue weighted by Gasteiger charge is 2.06. The number of thiophene rings is 1. The minimum atomic E-state index is 0. The van der Waals surface area contributed by atoms with Crippen LogP contribution in [0.5, 0.6) is 0 Å². The Morgan fingerprint density at radius 1 is 1.17 bits per heavy atom. The van der Waals surface area contributed by atoms with Gasteiger partial charge in [-0.05, 0) is 44.4 Å². The Morgan fingerprint density at radius 3 is 2.52 bits per heavy atom. The van der Waals surface area contributed by atoms with E-state index in [4.69, 9.17) is 0 Å². The van der Waals surface area contributed by atoms with Crippen molar-refractivity contribution in [3.8, 4) is 0 Å². The Kier molecular flexibility index (Phi) is 9.24. The first-order valence-corrected chi connectivity index (χ1v) is 8.55. The lowest BCUT2D eigenvalue weighted by Crippen LogP contribution is -2.41. The molecular weight excluding hydrogens is 417 g/mol. The number of hydrogen-bond acceptors (Lipinski definition) is 2. The number of rotatable bonds is 6. The normalized spacial score (nSPS) is 12.4. The molecule has 0 amide bonds. The first-order valence-electron chi connectivity index (χ1n) is 7.74. The molecule has 0 aliphatic rings. The minimum absolute atomic E-state index is 0. The molecule has 1 aromatic carbocycles. The molecule has 23 heavy (non-hydrogen) atoms. The van der Waals surface area contributed by atoms with E-state index in [2.05, 4.69) is 71.9 Å². The number of hydrogen-bond donors (Lipinski definition) is 2. The molecular formula is C18H26IN3S. The number of halogens is 1. The Bertz CT molecular complexity index is 595. The molecule has 0 aliphatic heterocycles. The summed E-state index contributed by atoms with van der Waals surface area (Å²) in [5.41, 5.74) is 1.38. The van der Waals surface area contributed by atoms with Crippen molar-refractivity contribution in [2.24, 2.45) is 4.99 Å². The number of aryl methyl sites for hydroxylation is 2. The average molecular weight is 443 g/mol. The first kappa shape index (κ1) is 20.0. The smallest absolute Gasteiger partial charge is 0.191 e. The molecule has 0 saturated heterocycles. The zero-order valence-electron chi connectivity index (χ0n) is 14.0. The summed E-state index contributed by atoms with van der Waals surface area (Å²) >= 11 is 1.82. The Hall–Kier alpha value is -1.08. The van der Waals surface area contributed by atoms with Gasteiger partial charge in [-0.25, -0.2) is 0 Å². The van der Waals surface area contributed by atoms with Gasteiger partial charge >= 0.3 is 0 Å². The maximum atomic E-state index is 4.30. The summed E-state index contributed by atoms with van der Waals surface area (Å²) in [6.45, 7) is 5.15. The van der Waals surface area contributed by atoms with Gasteiger partial charge in [0.1, 0.15) is 0 Å². The molecule has 0 aliphatic carbocycles. The highest BCUT2D eigenvalue weighted by atomic mass is 127. The zero-order valence-corrected chi connectivity index (χ0v) is 17.2. The predicted molar refractivity (Wildman–Crippen MR) is 112 cm³/mol. The van der Waals surface area contributed by atoms with Gasteiger partial charge in [0.05, 0.1) is 6.54 Å². The van der Waals surface area contributed by atoms with Gasteiger partial charge in [0, 0.05) is 22.8 Å². The van der Waals surface area contributed by atoms with Gasteiger partial charge in [-0.1, -0.05) is 30.3 Å². The number of aliphatic imine (C=N–C) groups is 1. The molecule has 2 N–H and O–H groups in total. The SMILES string of the molecule is CN=C(NCc1ccc(C)s1)NC(C)CCc1ccccc1.I. The van der Waals surface area contributed by atoms with Crippen LogP contribution in [0.25, 0.3) is 0 Å². The molecule has 1 unspecified atom stereocenters. The molecule has 2 rings (SSSR count). The standard InChI is InChI=1S/C18H25N3S.HI/c1-14(9-11-16-7-5-4-6-8-16)21-18(19-3)20-13-17-12-10-15(2)22-17;/h4-8,10,12,14H,9,11,13H2,1-3H3,(H2,19,20,21);1H. The van der Waals surface area contributed by atoms with Crippen molar-refractivity contribution < 1.29 is 0 Å². The van der Waals surface area contributed by atoms with Crippen molar-refractivity contribution in [1.82, 2.24) is 10.6 Å². The van der Waals surface area contributed by atoms with Gasteiger partial charge in [-0.15, -0.1) is 35.3 Å². The second-order valence-electron chi connectivity index (χ2n) is 5.51. The maximum Gasteiger partial charge on any atom is 0.191 e.